The zero-order valence-corrected chi connectivity index (χ0v) is 15.0. The molecule has 2 aromatic rings. The molecule has 0 radical (unpaired) electrons. The smallest absolute Gasteiger partial charge is 0.134 e. The van der Waals surface area contributed by atoms with Crippen molar-refractivity contribution in [3.63, 3.8) is 0 Å². The number of hydrogen-bond donors (Lipinski definition) is 2. The highest BCUT2D eigenvalue weighted by molar-refractivity contribution is 6.14. The van der Waals surface area contributed by atoms with Gasteiger partial charge >= 0.3 is 0 Å². The van der Waals surface area contributed by atoms with Crippen molar-refractivity contribution in [2.24, 2.45) is 0 Å². The molecule has 1 aliphatic heterocycles. The van der Waals surface area contributed by atoms with Crippen LogP contribution in [0.4, 0.5) is 5.82 Å². The summed E-state index contributed by atoms with van der Waals surface area (Å²) in [5.74, 6) is 0.666. The second-order valence-corrected chi connectivity index (χ2v) is 6.06. The van der Waals surface area contributed by atoms with E-state index in [9.17, 15) is 5.11 Å². The molecule has 0 spiro atoms. The number of nitrogens with zero attached hydrogens (tertiary/aromatic N) is 5. The lowest BCUT2D eigenvalue weighted by molar-refractivity contribution is 0.135. The Balaban J connectivity index is 1.96. The molecular weight excluding hydrogens is 344 g/mol. The highest BCUT2D eigenvalue weighted by Gasteiger charge is 2.26. The summed E-state index contributed by atoms with van der Waals surface area (Å²) in [6, 6.07) is 1.85. The van der Waals surface area contributed by atoms with Crippen molar-refractivity contribution in [2.45, 2.75) is 33.5 Å². The van der Waals surface area contributed by atoms with Crippen LogP contribution < -0.4 is 5.32 Å². The molecule has 0 saturated carbocycles. The largest absolute Gasteiger partial charge is 0.390 e. The fraction of sp³-hybridized carbons (Fsp3) is 0.438. The minimum Gasteiger partial charge on any atom is -0.390 e. The van der Waals surface area contributed by atoms with Crippen molar-refractivity contribution < 1.29 is 9.84 Å². The van der Waals surface area contributed by atoms with Crippen LogP contribution in [-0.2, 0) is 24.4 Å². The molecule has 0 atom stereocenters. The van der Waals surface area contributed by atoms with Crippen molar-refractivity contribution >= 4 is 23.3 Å². The zero-order valence-electron chi connectivity index (χ0n) is 14.2. The number of fused-ring (bicyclic) bond motifs is 1. The molecule has 0 aromatic carbocycles. The van der Waals surface area contributed by atoms with Gasteiger partial charge in [-0.15, -0.1) is 0 Å². The van der Waals surface area contributed by atoms with Crippen molar-refractivity contribution in [3.8, 4) is 0 Å². The van der Waals surface area contributed by atoms with Crippen molar-refractivity contribution in [2.75, 3.05) is 18.5 Å². The molecule has 134 valence electrons. The lowest BCUT2D eigenvalue weighted by Crippen LogP contribution is -2.20. The lowest BCUT2D eigenvalue weighted by atomic mass is 10.1. The maximum absolute atomic E-state index is 9.65. The molecule has 2 aromatic heterocycles. The number of anilines is 1. The normalized spacial score (nSPS) is 13.6. The van der Waals surface area contributed by atoms with E-state index in [-0.39, 0.29) is 6.61 Å². The van der Waals surface area contributed by atoms with Crippen molar-refractivity contribution in [3.05, 3.63) is 41.2 Å². The molecule has 0 fully saturated rings. The van der Waals surface area contributed by atoms with Gasteiger partial charge in [-0.2, -0.15) is 5.10 Å². The molecule has 9 heteroatoms. The van der Waals surface area contributed by atoms with E-state index in [1.165, 1.54) is 10.7 Å². The van der Waals surface area contributed by atoms with E-state index in [0.717, 1.165) is 22.6 Å². The topological polar surface area (TPSA) is 88.3 Å². The Hall–Kier alpha value is -2.16. The van der Waals surface area contributed by atoms with Gasteiger partial charge in [0, 0.05) is 41.9 Å². The van der Waals surface area contributed by atoms with Crippen LogP contribution in [0.2, 0.25) is 0 Å². The Morgan fingerprint density at radius 3 is 2.96 bits per heavy atom. The molecule has 0 unspecified atom stereocenters. The van der Waals surface area contributed by atoms with Gasteiger partial charge in [0.1, 0.15) is 12.1 Å². The van der Waals surface area contributed by atoms with Crippen molar-refractivity contribution in [1.29, 1.82) is 0 Å². The third-order valence-electron chi connectivity index (χ3n) is 3.84. The summed E-state index contributed by atoms with van der Waals surface area (Å²) in [6.45, 7) is 5.95. The summed E-state index contributed by atoms with van der Waals surface area (Å²) >= 11 is 6.24. The minimum absolute atomic E-state index is 0.144. The van der Waals surface area contributed by atoms with Crippen LogP contribution in [0, 0.1) is 6.92 Å². The first-order valence-electron chi connectivity index (χ1n) is 8.09. The van der Waals surface area contributed by atoms with Gasteiger partial charge < -0.3 is 15.2 Å². The molecule has 1 aliphatic rings. The molecule has 0 bridgehead atoms. The Bertz CT molecular complexity index is 776. The number of rotatable bonds is 7. The van der Waals surface area contributed by atoms with Gasteiger partial charge in [-0.1, -0.05) is 0 Å². The van der Waals surface area contributed by atoms with Crippen LogP contribution in [0.15, 0.2) is 18.6 Å². The summed E-state index contributed by atoms with van der Waals surface area (Å²) in [7, 11) is 0. The lowest BCUT2D eigenvalue weighted by Gasteiger charge is -2.23. The number of hydrogen-bond acceptors (Lipinski definition) is 7. The Kier molecular flexibility index (Phi) is 5.52. The molecular formula is C16H21ClN6O2. The molecule has 0 aliphatic carbocycles. The van der Waals surface area contributed by atoms with Gasteiger partial charge in [-0.05, 0) is 13.8 Å². The van der Waals surface area contributed by atoms with Gasteiger partial charge in [-0.3, -0.25) is 9.10 Å². The van der Waals surface area contributed by atoms with Crippen LogP contribution in [0.25, 0.3) is 5.70 Å². The van der Waals surface area contributed by atoms with E-state index < -0.39 is 0 Å². The third-order valence-corrected chi connectivity index (χ3v) is 4.05. The Labute approximate surface area is 151 Å². The molecule has 25 heavy (non-hydrogen) atoms. The van der Waals surface area contributed by atoms with E-state index in [1.807, 2.05) is 24.6 Å². The van der Waals surface area contributed by atoms with Crippen LogP contribution in [0.5, 0.6) is 0 Å². The number of aromatic nitrogens is 4. The molecule has 0 saturated heterocycles. The van der Waals surface area contributed by atoms with Crippen LogP contribution in [0.1, 0.15) is 29.6 Å². The predicted octanol–water partition coefficient (Wildman–Crippen LogP) is 1.89. The number of halogens is 1. The van der Waals surface area contributed by atoms with Crippen LogP contribution in [0.3, 0.4) is 0 Å². The molecule has 8 nitrogen and oxygen atoms in total. The first-order valence-corrected chi connectivity index (χ1v) is 8.43. The van der Waals surface area contributed by atoms with Crippen LogP contribution >= 0.6 is 11.8 Å². The number of nitrogens with one attached hydrogen (secondary N) is 1. The summed E-state index contributed by atoms with van der Waals surface area (Å²) < 4.78 is 8.82. The fourth-order valence-electron chi connectivity index (χ4n) is 2.75. The standard InChI is InChI=1S/C16H21ClN6O2/c1-3-25-5-4-23-16-12(14(9-24)21-23)7-22(17)8-13(16)20-15-6-11(2)18-10-19-15/h6,8,10,24H,3-5,7,9H2,1-2H3,(H,18,19,20). The first kappa shape index (κ1) is 17.7. The molecule has 0 amide bonds. The Morgan fingerprint density at radius 2 is 2.24 bits per heavy atom. The molecule has 2 N–H and O–H groups in total. The number of aryl methyl sites for hydroxylation is 1. The maximum Gasteiger partial charge on any atom is 0.134 e. The van der Waals surface area contributed by atoms with E-state index in [0.29, 0.717) is 37.8 Å². The van der Waals surface area contributed by atoms with Gasteiger partial charge in [0.05, 0.1) is 43.4 Å². The minimum atomic E-state index is -0.144. The SMILES string of the molecule is CCOCCn1nc(CO)c2c1C(Nc1cc(C)ncn1)=CN(Cl)C2. The maximum atomic E-state index is 9.65. The summed E-state index contributed by atoms with van der Waals surface area (Å²) in [4.78, 5) is 8.34. The first-order chi connectivity index (χ1) is 12.1. The van der Waals surface area contributed by atoms with Crippen LogP contribution in [-0.4, -0.2) is 42.5 Å². The zero-order chi connectivity index (χ0) is 17.8. The number of aliphatic hydroxyl groups excluding tert-OH is 1. The number of aliphatic hydroxyl groups is 1. The van der Waals surface area contributed by atoms with E-state index in [1.54, 1.807) is 6.20 Å². The summed E-state index contributed by atoms with van der Waals surface area (Å²) in [5.41, 5.74) is 4.01. The van der Waals surface area contributed by atoms with Gasteiger partial charge in [0.25, 0.3) is 0 Å². The predicted molar refractivity (Wildman–Crippen MR) is 94.4 cm³/mol. The van der Waals surface area contributed by atoms with Crippen molar-refractivity contribution in [1.82, 2.24) is 24.2 Å². The quantitative estimate of drug-likeness (QED) is 0.573. The number of ether oxygens (including phenoxy) is 1. The second kappa shape index (κ2) is 7.81. The molecule has 3 rings (SSSR count). The van der Waals surface area contributed by atoms with Gasteiger partial charge in [-0.25, -0.2) is 9.97 Å². The Morgan fingerprint density at radius 1 is 1.40 bits per heavy atom. The average Bonchev–Trinajstić information content (AvgIpc) is 2.93. The fourth-order valence-corrected chi connectivity index (χ4v) is 2.97. The third kappa shape index (κ3) is 3.92. The van der Waals surface area contributed by atoms with E-state index >= 15 is 0 Å². The summed E-state index contributed by atoms with van der Waals surface area (Å²) in [6.07, 6.45) is 3.30. The highest BCUT2D eigenvalue weighted by atomic mass is 35.5. The molecule has 3 heterocycles. The van der Waals surface area contributed by atoms with Gasteiger partial charge in [0.2, 0.25) is 0 Å². The van der Waals surface area contributed by atoms with E-state index in [4.69, 9.17) is 16.5 Å². The monoisotopic (exact) mass is 364 g/mol. The van der Waals surface area contributed by atoms with Gasteiger partial charge in [0.15, 0.2) is 0 Å². The highest BCUT2D eigenvalue weighted by Crippen LogP contribution is 2.31. The van der Waals surface area contributed by atoms with E-state index in [2.05, 4.69) is 20.4 Å². The average molecular weight is 365 g/mol. The second-order valence-electron chi connectivity index (χ2n) is 5.62. The summed E-state index contributed by atoms with van der Waals surface area (Å²) in [5, 5.41) is 17.4.